The Morgan fingerprint density at radius 1 is 1.33 bits per heavy atom. The maximum absolute atomic E-state index is 11.2. The summed E-state index contributed by atoms with van der Waals surface area (Å²) in [5, 5.41) is 12.6. The maximum Gasteiger partial charge on any atom is 0.323 e. The number of imidazole rings is 1. The summed E-state index contributed by atoms with van der Waals surface area (Å²) in [6.07, 6.45) is 0. The molecule has 2 rings (SSSR count). The summed E-state index contributed by atoms with van der Waals surface area (Å²) in [6, 6.07) is 5.89. The summed E-state index contributed by atoms with van der Waals surface area (Å²) < 4.78 is 0. The van der Waals surface area contributed by atoms with E-state index in [-0.39, 0.29) is 23.9 Å². The highest BCUT2D eigenvalue weighted by atomic mass is 16.3. The van der Waals surface area contributed by atoms with Gasteiger partial charge in [0.25, 0.3) is 0 Å². The Balaban J connectivity index is 2.27. The van der Waals surface area contributed by atoms with Crippen LogP contribution in [0.4, 0.5) is 0 Å². The first-order valence-electron chi connectivity index (χ1n) is 6.02. The molecule has 1 aromatic heterocycles. The van der Waals surface area contributed by atoms with Crippen molar-refractivity contribution in [3.05, 3.63) is 34.2 Å². The monoisotopic (exact) mass is 249 g/mol. The van der Waals surface area contributed by atoms with Gasteiger partial charge in [-0.25, -0.2) is 4.79 Å². The molecule has 0 fully saturated rings. The maximum atomic E-state index is 11.2. The lowest BCUT2D eigenvalue weighted by atomic mass is 10.0. The average Bonchev–Trinajstić information content (AvgIpc) is 2.67. The number of nitrogens with one attached hydrogen (secondary N) is 3. The van der Waals surface area contributed by atoms with E-state index in [2.05, 4.69) is 15.3 Å². The quantitative estimate of drug-likeness (QED) is 0.659. The van der Waals surface area contributed by atoms with Crippen LogP contribution in [0, 0.1) is 0 Å². The zero-order valence-electron chi connectivity index (χ0n) is 10.9. The van der Waals surface area contributed by atoms with Crippen LogP contribution in [0.15, 0.2) is 23.0 Å². The van der Waals surface area contributed by atoms with Gasteiger partial charge in [-0.15, -0.1) is 0 Å². The smallest absolute Gasteiger partial charge is 0.323 e. The number of hydrogen-bond donors (Lipinski definition) is 4. The summed E-state index contributed by atoms with van der Waals surface area (Å²) in [7, 11) is 0. The molecule has 0 radical (unpaired) electrons. The zero-order chi connectivity index (χ0) is 13.3. The molecule has 0 saturated heterocycles. The molecule has 5 nitrogen and oxygen atoms in total. The lowest BCUT2D eigenvalue weighted by Crippen LogP contribution is -2.43. The van der Waals surface area contributed by atoms with Crippen LogP contribution < -0.4 is 11.0 Å². The Hall–Kier alpha value is -1.59. The third kappa shape index (κ3) is 2.63. The minimum Gasteiger partial charge on any atom is -0.394 e. The topological polar surface area (TPSA) is 80.9 Å². The van der Waals surface area contributed by atoms with Crippen LogP contribution in [0.2, 0.25) is 0 Å². The number of benzene rings is 1. The molecule has 0 aliphatic rings. The van der Waals surface area contributed by atoms with E-state index in [0.29, 0.717) is 0 Å². The second-order valence-electron chi connectivity index (χ2n) is 5.29. The second kappa shape index (κ2) is 4.59. The van der Waals surface area contributed by atoms with Gasteiger partial charge in [0.15, 0.2) is 0 Å². The molecule has 1 atom stereocenters. The number of H-pyrrole nitrogens is 2. The van der Waals surface area contributed by atoms with Gasteiger partial charge in [-0.05, 0) is 38.5 Å². The fourth-order valence-corrected chi connectivity index (χ4v) is 2.03. The Bertz CT molecular complexity index is 598. The number of aliphatic hydroxyl groups is 1. The Morgan fingerprint density at radius 3 is 2.67 bits per heavy atom. The van der Waals surface area contributed by atoms with Gasteiger partial charge >= 0.3 is 5.69 Å². The lowest BCUT2D eigenvalue weighted by Gasteiger charge is -2.28. The molecule has 2 aromatic rings. The predicted octanol–water partition coefficient (Wildman–Crippen LogP) is 1.28. The van der Waals surface area contributed by atoms with Crippen molar-refractivity contribution < 1.29 is 5.11 Å². The minimum absolute atomic E-state index is 0.0700. The number of aliphatic hydroxyl groups excluding tert-OH is 1. The lowest BCUT2D eigenvalue weighted by molar-refractivity contribution is 0.178. The van der Waals surface area contributed by atoms with Gasteiger partial charge in [-0.2, -0.15) is 0 Å². The standard InChI is InChI=1S/C13H19N3O2/c1-8(16-13(2,3)7-17)9-4-5-10-11(6-9)15-12(18)14-10/h4-6,8,16-17H,7H2,1-3H3,(H2,14,15,18). The molecular weight excluding hydrogens is 230 g/mol. The highest BCUT2D eigenvalue weighted by Crippen LogP contribution is 2.19. The Labute approximate surface area is 105 Å². The van der Waals surface area contributed by atoms with Gasteiger partial charge < -0.3 is 20.4 Å². The van der Waals surface area contributed by atoms with Crippen molar-refractivity contribution in [2.45, 2.75) is 32.4 Å². The Morgan fingerprint density at radius 2 is 2.00 bits per heavy atom. The molecule has 0 saturated carbocycles. The van der Waals surface area contributed by atoms with E-state index in [4.69, 9.17) is 0 Å². The van der Waals surface area contributed by atoms with Crippen molar-refractivity contribution in [3.8, 4) is 0 Å². The van der Waals surface area contributed by atoms with Crippen molar-refractivity contribution >= 4 is 11.0 Å². The molecule has 5 heteroatoms. The van der Waals surface area contributed by atoms with Gasteiger partial charge in [0.1, 0.15) is 0 Å². The molecule has 98 valence electrons. The predicted molar refractivity (Wildman–Crippen MR) is 71.6 cm³/mol. The van der Waals surface area contributed by atoms with Crippen molar-refractivity contribution in [2.75, 3.05) is 6.61 Å². The van der Waals surface area contributed by atoms with Gasteiger partial charge in [0.05, 0.1) is 17.6 Å². The Kier molecular flexibility index (Phi) is 3.28. The van der Waals surface area contributed by atoms with E-state index in [1.165, 1.54) is 0 Å². The molecule has 0 amide bonds. The summed E-state index contributed by atoms with van der Waals surface area (Å²) in [4.78, 5) is 16.6. The van der Waals surface area contributed by atoms with E-state index in [0.717, 1.165) is 16.6 Å². The SMILES string of the molecule is CC(NC(C)(C)CO)c1ccc2[nH]c(=O)[nH]c2c1. The summed E-state index contributed by atoms with van der Waals surface area (Å²) in [6.45, 7) is 5.99. The molecule has 0 aliphatic heterocycles. The molecule has 0 spiro atoms. The van der Waals surface area contributed by atoms with Crippen molar-refractivity contribution in [1.82, 2.24) is 15.3 Å². The van der Waals surface area contributed by atoms with Crippen LogP contribution in [0.3, 0.4) is 0 Å². The molecule has 18 heavy (non-hydrogen) atoms. The number of hydrogen-bond acceptors (Lipinski definition) is 3. The van der Waals surface area contributed by atoms with Gasteiger partial charge in [-0.3, -0.25) is 0 Å². The highest BCUT2D eigenvalue weighted by molar-refractivity contribution is 5.75. The molecule has 0 bridgehead atoms. The van der Waals surface area contributed by atoms with Gasteiger partial charge in [0.2, 0.25) is 0 Å². The van der Waals surface area contributed by atoms with Crippen molar-refractivity contribution in [2.24, 2.45) is 0 Å². The number of rotatable bonds is 4. The van der Waals surface area contributed by atoms with Crippen molar-refractivity contribution in [1.29, 1.82) is 0 Å². The normalized spacial score (nSPS) is 14.0. The summed E-state index contributed by atoms with van der Waals surface area (Å²) in [5.74, 6) is 0. The zero-order valence-corrected chi connectivity index (χ0v) is 10.9. The first kappa shape index (κ1) is 12.9. The molecule has 1 aromatic carbocycles. The molecule has 0 aliphatic carbocycles. The largest absolute Gasteiger partial charge is 0.394 e. The molecule has 1 unspecified atom stereocenters. The van der Waals surface area contributed by atoms with Crippen LogP contribution >= 0.6 is 0 Å². The fraction of sp³-hybridized carbons (Fsp3) is 0.462. The van der Waals surface area contributed by atoms with E-state index in [1.54, 1.807) is 0 Å². The van der Waals surface area contributed by atoms with Crippen LogP contribution in [-0.2, 0) is 0 Å². The summed E-state index contributed by atoms with van der Waals surface area (Å²) >= 11 is 0. The fourth-order valence-electron chi connectivity index (χ4n) is 2.03. The highest BCUT2D eigenvalue weighted by Gasteiger charge is 2.19. The van der Waals surface area contributed by atoms with Crippen molar-refractivity contribution in [3.63, 3.8) is 0 Å². The van der Waals surface area contributed by atoms with E-state index in [9.17, 15) is 9.90 Å². The first-order valence-corrected chi connectivity index (χ1v) is 6.02. The van der Waals surface area contributed by atoms with E-state index < -0.39 is 0 Å². The van der Waals surface area contributed by atoms with Crippen LogP contribution in [0.1, 0.15) is 32.4 Å². The van der Waals surface area contributed by atoms with E-state index >= 15 is 0 Å². The third-order valence-corrected chi connectivity index (χ3v) is 3.04. The minimum atomic E-state index is -0.333. The molecule has 4 N–H and O–H groups in total. The number of aromatic amines is 2. The number of fused-ring (bicyclic) bond motifs is 1. The average molecular weight is 249 g/mol. The molecular formula is C13H19N3O2. The van der Waals surface area contributed by atoms with Crippen LogP contribution in [0.25, 0.3) is 11.0 Å². The van der Waals surface area contributed by atoms with Crippen LogP contribution in [-0.4, -0.2) is 27.2 Å². The van der Waals surface area contributed by atoms with E-state index in [1.807, 2.05) is 39.0 Å². The second-order valence-corrected chi connectivity index (χ2v) is 5.29. The van der Waals surface area contributed by atoms with Gasteiger partial charge in [-0.1, -0.05) is 6.07 Å². The summed E-state index contributed by atoms with van der Waals surface area (Å²) in [5.41, 5.74) is 2.14. The first-order chi connectivity index (χ1) is 8.41. The van der Waals surface area contributed by atoms with Gasteiger partial charge in [0, 0.05) is 11.6 Å². The molecule has 1 heterocycles. The number of aromatic nitrogens is 2. The van der Waals surface area contributed by atoms with Crippen LogP contribution in [0.5, 0.6) is 0 Å². The third-order valence-electron chi connectivity index (χ3n) is 3.04.